The average molecular weight is 299 g/mol. The van der Waals surface area contributed by atoms with Gasteiger partial charge in [-0.25, -0.2) is 0 Å². The lowest BCUT2D eigenvalue weighted by Crippen LogP contribution is -2.28. The van der Waals surface area contributed by atoms with Gasteiger partial charge in [-0.1, -0.05) is 12.1 Å². The maximum Gasteiger partial charge on any atom is 0.230 e. The standard InChI is InChI=1S/C14H21NO4S/c1-19-13-4-2-11(3-5-13)6-7-15-14(18)10-20-9-12(17)8-16/h2-5,12,16-17H,6-10H2,1H3,(H,15,18). The summed E-state index contributed by atoms with van der Waals surface area (Å²) < 4.78 is 5.07. The third-order valence-corrected chi connectivity index (χ3v) is 3.74. The minimum absolute atomic E-state index is 0.0614. The molecule has 0 radical (unpaired) electrons. The smallest absolute Gasteiger partial charge is 0.230 e. The number of ether oxygens (including phenoxy) is 1. The topological polar surface area (TPSA) is 78.8 Å². The van der Waals surface area contributed by atoms with Gasteiger partial charge < -0.3 is 20.3 Å². The molecule has 0 heterocycles. The number of nitrogens with one attached hydrogen (secondary N) is 1. The van der Waals surface area contributed by atoms with Gasteiger partial charge in [0, 0.05) is 12.3 Å². The number of carbonyl (C=O) groups excluding carboxylic acids is 1. The van der Waals surface area contributed by atoms with Crippen molar-refractivity contribution in [1.29, 1.82) is 0 Å². The summed E-state index contributed by atoms with van der Waals surface area (Å²) in [5.74, 6) is 1.41. The van der Waals surface area contributed by atoms with Crippen molar-refractivity contribution in [3.63, 3.8) is 0 Å². The van der Waals surface area contributed by atoms with E-state index < -0.39 is 6.10 Å². The van der Waals surface area contributed by atoms with Gasteiger partial charge in [0.25, 0.3) is 0 Å². The second kappa shape index (κ2) is 9.63. The molecule has 1 aromatic carbocycles. The van der Waals surface area contributed by atoms with E-state index in [4.69, 9.17) is 14.9 Å². The van der Waals surface area contributed by atoms with Crippen molar-refractivity contribution in [3.05, 3.63) is 29.8 Å². The van der Waals surface area contributed by atoms with Crippen LogP contribution < -0.4 is 10.1 Å². The summed E-state index contributed by atoms with van der Waals surface area (Å²) in [6.45, 7) is 0.306. The first-order valence-electron chi connectivity index (χ1n) is 6.42. The minimum atomic E-state index is -0.757. The molecule has 0 aliphatic carbocycles. The van der Waals surface area contributed by atoms with Gasteiger partial charge in [0.1, 0.15) is 5.75 Å². The Morgan fingerprint density at radius 2 is 2.10 bits per heavy atom. The summed E-state index contributed by atoms with van der Waals surface area (Å²) in [6, 6.07) is 7.72. The Labute approximate surface area is 123 Å². The number of carbonyl (C=O) groups is 1. The normalized spacial score (nSPS) is 11.9. The Hall–Kier alpha value is -1.24. The van der Waals surface area contributed by atoms with Crippen molar-refractivity contribution in [2.75, 3.05) is 31.8 Å². The lowest BCUT2D eigenvalue weighted by atomic mass is 10.1. The molecule has 0 spiro atoms. The summed E-state index contributed by atoms with van der Waals surface area (Å²) in [4.78, 5) is 11.5. The van der Waals surface area contributed by atoms with Gasteiger partial charge in [-0.05, 0) is 24.1 Å². The molecule has 0 aliphatic rings. The molecule has 1 atom stereocenters. The van der Waals surface area contributed by atoms with Crippen LogP contribution in [0.1, 0.15) is 5.56 Å². The van der Waals surface area contributed by atoms with Gasteiger partial charge in [0.2, 0.25) is 5.91 Å². The van der Waals surface area contributed by atoms with Crippen LogP contribution in [0.25, 0.3) is 0 Å². The number of methoxy groups -OCH3 is 1. The number of hydrogen-bond donors (Lipinski definition) is 3. The Morgan fingerprint density at radius 1 is 1.40 bits per heavy atom. The van der Waals surface area contributed by atoms with Crippen LogP contribution in [0.5, 0.6) is 5.75 Å². The first kappa shape index (κ1) is 16.8. The Morgan fingerprint density at radius 3 is 2.70 bits per heavy atom. The highest BCUT2D eigenvalue weighted by Crippen LogP contribution is 2.11. The number of aliphatic hydroxyl groups excluding tert-OH is 2. The number of aliphatic hydroxyl groups is 2. The molecule has 5 nitrogen and oxygen atoms in total. The van der Waals surface area contributed by atoms with Crippen molar-refractivity contribution < 1.29 is 19.7 Å². The van der Waals surface area contributed by atoms with Crippen LogP contribution in [-0.4, -0.2) is 54.0 Å². The summed E-state index contributed by atoms with van der Waals surface area (Å²) >= 11 is 1.31. The lowest BCUT2D eigenvalue weighted by molar-refractivity contribution is -0.118. The van der Waals surface area contributed by atoms with E-state index in [1.807, 2.05) is 24.3 Å². The van der Waals surface area contributed by atoms with E-state index in [1.54, 1.807) is 7.11 Å². The highest BCUT2D eigenvalue weighted by Gasteiger charge is 2.05. The molecule has 3 N–H and O–H groups in total. The van der Waals surface area contributed by atoms with E-state index in [1.165, 1.54) is 11.8 Å². The number of thioether (sulfide) groups is 1. The molecule has 0 bridgehead atoms. The van der Waals surface area contributed by atoms with E-state index >= 15 is 0 Å². The van der Waals surface area contributed by atoms with E-state index in [0.29, 0.717) is 18.1 Å². The molecule has 6 heteroatoms. The molecule has 1 aromatic rings. The van der Waals surface area contributed by atoms with E-state index in [-0.39, 0.29) is 12.5 Å². The predicted molar refractivity (Wildman–Crippen MR) is 80.1 cm³/mol. The number of benzene rings is 1. The Balaban J connectivity index is 2.14. The zero-order valence-corrected chi connectivity index (χ0v) is 12.4. The highest BCUT2D eigenvalue weighted by molar-refractivity contribution is 7.99. The number of rotatable bonds is 9. The van der Waals surface area contributed by atoms with Gasteiger partial charge in [-0.3, -0.25) is 4.79 Å². The van der Waals surface area contributed by atoms with E-state index in [9.17, 15) is 4.79 Å². The van der Waals surface area contributed by atoms with Crippen LogP contribution in [0.15, 0.2) is 24.3 Å². The van der Waals surface area contributed by atoms with Crippen molar-refractivity contribution in [2.45, 2.75) is 12.5 Å². The van der Waals surface area contributed by atoms with E-state index in [0.717, 1.165) is 17.7 Å². The molecule has 0 aromatic heterocycles. The molecule has 1 amide bonds. The molecule has 1 unspecified atom stereocenters. The highest BCUT2D eigenvalue weighted by atomic mass is 32.2. The van der Waals surface area contributed by atoms with Gasteiger partial charge in [-0.15, -0.1) is 11.8 Å². The predicted octanol–water partition coefficient (Wildman–Crippen LogP) is 0.440. The quantitative estimate of drug-likeness (QED) is 0.617. The van der Waals surface area contributed by atoms with Gasteiger partial charge in [0.05, 0.1) is 25.6 Å². The van der Waals surface area contributed by atoms with Crippen LogP contribution in [0.2, 0.25) is 0 Å². The van der Waals surface area contributed by atoms with Crippen LogP contribution in [0.4, 0.5) is 0 Å². The minimum Gasteiger partial charge on any atom is -0.497 e. The fourth-order valence-corrected chi connectivity index (χ4v) is 2.31. The monoisotopic (exact) mass is 299 g/mol. The zero-order chi connectivity index (χ0) is 14.8. The maximum atomic E-state index is 11.5. The van der Waals surface area contributed by atoms with Crippen molar-refractivity contribution in [3.8, 4) is 5.75 Å². The molecule has 0 aliphatic heterocycles. The summed E-state index contributed by atoms with van der Waals surface area (Å²) in [7, 11) is 1.63. The van der Waals surface area contributed by atoms with Crippen molar-refractivity contribution >= 4 is 17.7 Å². The van der Waals surface area contributed by atoms with E-state index in [2.05, 4.69) is 5.32 Å². The fourth-order valence-electron chi connectivity index (χ4n) is 1.53. The van der Waals surface area contributed by atoms with Crippen LogP contribution in [-0.2, 0) is 11.2 Å². The lowest BCUT2D eigenvalue weighted by Gasteiger charge is -2.08. The molecule has 1 rings (SSSR count). The van der Waals surface area contributed by atoms with Crippen LogP contribution in [0, 0.1) is 0 Å². The molecular weight excluding hydrogens is 278 g/mol. The Bertz CT molecular complexity index is 397. The molecule has 0 saturated carbocycles. The first-order valence-corrected chi connectivity index (χ1v) is 7.57. The SMILES string of the molecule is COc1ccc(CCNC(=O)CSCC(O)CO)cc1. The first-order chi connectivity index (χ1) is 9.65. The second-order valence-electron chi connectivity index (χ2n) is 4.30. The van der Waals surface area contributed by atoms with Crippen molar-refractivity contribution in [1.82, 2.24) is 5.32 Å². The summed E-state index contributed by atoms with van der Waals surface area (Å²) in [5, 5.41) is 20.6. The second-order valence-corrected chi connectivity index (χ2v) is 5.33. The third kappa shape index (κ3) is 6.79. The summed E-state index contributed by atoms with van der Waals surface area (Å²) in [6.07, 6.45) is 0.00624. The average Bonchev–Trinajstić information content (AvgIpc) is 2.47. The zero-order valence-electron chi connectivity index (χ0n) is 11.5. The van der Waals surface area contributed by atoms with Gasteiger partial charge >= 0.3 is 0 Å². The number of hydrogen-bond acceptors (Lipinski definition) is 5. The fraction of sp³-hybridized carbons (Fsp3) is 0.500. The largest absolute Gasteiger partial charge is 0.497 e. The van der Waals surface area contributed by atoms with Crippen molar-refractivity contribution in [2.24, 2.45) is 0 Å². The Kier molecular flexibility index (Phi) is 8.10. The van der Waals surface area contributed by atoms with Crippen LogP contribution in [0.3, 0.4) is 0 Å². The molecular formula is C14H21NO4S. The van der Waals surface area contributed by atoms with Crippen LogP contribution >= 0.6 is 11.8 Å². The van der Waals surface area contributed by atoms with Gasteiger partial charge in [0.15, 0.2) is 0 Å². The third-order valence-electron chi connectivity index (χ3n) is 2.65. The number of amides is 1. The van der Waals surface area contributed by atoms with Gasteiger partial charge in [-0.2, -0.15) is 0 Å². The maximum absolute atomic E-state index is 11.5. The summed E-state index contributed by atoms with van der Waals surface area (Å²) in [5.41, 5.74) is 1.13. The molecule has 0 saturated heterocycles. The molecule has 20 heavy (non-hydrogen) atoms. The molecule has 112 valence electrons. The molecule has 0 fully saturated rings.